The molecule has 150 valence electrons. The van der Waals surface area contributed by atoms with Gasteiger partial charge in [0.2, 0.25) is 0 Å². The molecule has 0 aliphatic rings. The summed E-state index contributed by atoms with van der Waals surface area (Å²) in [5, 5.41) is 0. The summed E-state index contributed by atoms with van der Waals surface area (Å²) in [4.78, 5) is 0. The number of anilines is 2. The Balaban J connectivity index is 2.35. The van der Waals surface area contributed by atoms with Gasteiger partial charge in [-0.1, -0.05) is 84.5 Å². The Morgan fingerprint density at radius 3 is 1.77 bits per heavy atom. The largest absolute Gasteiger partial charge is 0.493 e. The van der Waals surface area contributed by atoms with E-state index in [2.05, 4.69) is 13.8 Å². The van der Waals surface area contributed by atoms with Crippen LogP contribution in [0, 0.1) is 0 Å². The SMILES string of the molecule is CCCCCCCCCc1cc(N)c(N)cc1OCCCCCCCC. The molecule has 0 spiro atoms. The molecule has 0 unspecified atom stereocenters. The van der Waals surface area contributed by atoms with Gasteiger partial charge in [0.1, 0.15) is 5.75 Å². The molecule has 0 saturated carbocycles. The van der Waals surface area contributed by atoms with Crippen molar-refractivity contribution in [3.05, 3.63) is 17.7 Å². The lowest BCUT2D eigenvalue weighted by Gasteiger charge is -2.14. The van der Waals surface area contributed by atoms with Crippen LogP contribution in [0.2, 0.25) is 0 Å². The lowest BCUT2D eigenvalue weighted by Crippen LogP contribution is -2.04. The van der Waals surface area contributed by atoms with Gasteiger partial charge >= 0.3 is 0 Å². The van der Waals surface area contributed by atoms with E-state index in [9.17, 15) is 0 Å². The van der Waals surface area contributed by atoms with E-state index in [4.69, 9.17) is 16.2 Å². The summed E-state index contributed by atoms with van der Waals surface area (Å²) in [5.74, 6) is 0.941. The maximum Gasteiger partial charge on any atom is 0.124 e. The van der Waals surface area contributed by atoms with Gasteiger partial charge in [-0.05, 0) is 30.9 Å². The summed E-state index contributed by atoms with van der Waals surface area (Å²) in [6.07, 6.45) is 17.9. The van der Waals surface area contributed by atoms with Gasteiger partial charge in [0.05, 0.1) is 18.0 Å². The van der Waals surface area contributed by atoms with E-state index in [0.29, 0.717) is 11.4 Å². The zero-order valence-corrected chi connectivity index (χ0v) is 17.3. The fourth-order valence-electron chi connectivity index (χ4n) is 3.33. The van der Waals surface area contributed by atoms with Crippen LogP contribution in [0.1, 0.15) is 103 Å². The molecule has 1 aromatic rings. The van der Waals surface area contributed by atoms with E-state index < -0.39 is 0 Å². The molecule has 0 aliphatic heterocycles. The number of benzene rings is 1. The quantitative estimate of drug-likeness (QED) is 0.249. The fourth-order valence-corrected chi connectivity index (χ4v) is 3.33. The second kappa shape index (κ2) is 14.8. The molecule has 3 heteroatoms. The molecular weight excluding hydrogens is 320 g/mol. The first-order chi connectivity index (χ1) is 12.7. The zero-order chi connectivity index (χ0) is 19.0. The average Bonchev–Trinajstić information content (AvgIpc) is 2.63. The predicted octanol–water partition coefficient (Wildman–Crippen LogP) is 6.88. The molecule has 0 radical (unpaired) electrons. The number of hydrogen-bond donors (Lipinski definition) is 2. The second-order valence-corrected chi connectivity index (χ2v) is 7.58. The number of aryl methyl sites for hydroxylation is 1. The van der Waals surface area contributed by atoms with Crippen LogP contribution in [0.25, 0.3) is 0 Å². The van der Waals surface area contributed by atoms with Crippen LogP contribution >= 0.6 is 0 Å². The van der Waals surface area contributed by atoms with E-state index >= 15 is 0 Å². The number of nitrogen functional groups attached to an aromatic ring is 2. The van der Waals surface area contributed by atoms with Gasteiger partial charge in [-0.3, -0.25) is 0 Å². The Bertz CT molecular complexity index is 431. The Hall–Kier alpha value is -1.38. The van der Waals surface area contributed by atoms with Crippen molar-refractivity contribution in [2.24, 2.45) is 0 Å². The normalized spacial score (nSPS) is 11.0. The lowest BCUT2D eigenvalue weighted by molar-refractivity contribution is 0.301. The number of unbranched alkanes of at least 4 members (excludes halogenated alkanes) is 11. The van der Waals surface area contributed by atoms with Crippen molar-refractivity contribution in [3.8, 4) is 5.75 Å². The van der Waals surface area contributed by atoms with Gasteiger partial charge in [-0.25, -0.2) is 0 Å². The summed E-state index contributed by atoms with van der Waals surface area (Å²) < 4.78 is 6.05. The van der Waals surface area contributed by atoms with Crippen LogP contribution in [0.4, 0.5) is 11.4 Å². The van der Waals surface area contributed by atoms with Crippen LogP contribution in [0.5, 0.6) is 5.75 Å². The van der Waals surface area contributed by atoms with Crippen molar-refractivity contribution >= 4 is 11.4 Å². The highest BCUT2D eigenvalue weighted by molar-refractivity contribution is 5.67. The summed E-state index contributed by atoms with van der Waals surface area (Å²) in [6, 6.07) is 3.94. The minimum absolute atomic E-state index is 0.631. The molecule has 0 atom stereocenters. The second-order valence-electron chi connectivity index (χ2n) is 7.58. The Morgan fingerprint density at radius 1 is 0.654 bits per heavy atom. The molecule has 0 heterocycles. The fraction of sp³-hybridized carbons (Fsp3) is 0.739. The Kier molecular flexibility index (Phi) is 12.9. The van der Waals surface area contributed by atoms with Gasteiger partial charge in [0, 0.05) is 6.07 Å². The van der Waals surface area contributed by atoms with Gasteiger partial charge in [-0.15, -0.1) is 0 Å². The number of rotatable bonds is 16. The highest BCUT2D eigenvalue weighted by atomic mass is 16.5. The van der Waals surface area contributed by atoms with E-state index in [1.807, 2.05) is 12.1 Å². The van der Waals surface area contributed by atoms with Crippen molar-refractivity contribution in [1.82, 2.24) is 0 Å². The van der Waals surface area contributed by atoms with Crippen LogP contribution in [-0.4, -0.2) is 6.61 Å². The molecule has 1 rings (SSSR count). The first-order valence-corrected chi connectivity index (χ1v) is 11.0. The minimum atomic E-state index is 0.631. The zero-order valence-electron chi connectivity index (χ0n) is 17.3. The molecule has 0 saturated heterocycles. The minimum Gasteiger partial charge on any atom is -0.493 e. The molecule has 3 nitrogen and oxygen atoms in total. The molecule has 26 heavy (non-hydrogen) atoms. The Labute approximate surface area is 161 Å². The van der Waals surface area contributed by atoms with Crippen molar-refractivity contribution in [2.75, 3.05) is 18.1 Å². The monoisotopic (exact) mass is 362 g/mol. The van der Waals surface area contributed by atoms with Crippen molar-refractivity contribution < 1.29 is 4.74 Å². The molecule has 4 N–H and O–H groups in total. The molecule has 0 aliphatic carbocycles. The van der Waals surface area contributed by atoms with Crippen LogP contribution in [0.3, 0.4) is 0 Å². The predicted molar refractivity (Wildman–Crippen MR) is 116 cm³/mol. The molecular formula is C23H42N2O. The topological polar surface area (TPSA) is 61.3 Å². The summed E-state index contributed by atoms with van der Waals surface area (Å²) in [6.45, 7) is 5.29. The average molecular weight is 363 g/mol. The van der Waals surface area contributed by atoms with E-state index in [1.54, 1.807) is 0 Å². The van der Waals surface area contributed by atoms with E-state index in [0.717, 1.165) is 25.2 Å². The Morgan fingerprint density at radius 2 is 1.15 bits per heavy atom. The first kappa shape index (κ1) is 22.7. The smallest absolute Gasteiger partial charge is 0.124 e. The maximum absolute atomic E-state index is 6.05. The van der Waals surface area contributed by atoms with Crippen LogP contribution in [-0.2, 0) is 6.42 Å². The number of hydrogen-bond acceptors (Lipinski definition) is 3. The summed E-state index contributed by atoms with van der Waals surface area (Å²) >= 11 is 0. The number of ether oxygens (including phenoxy) is 1. The third kappa shape index (κ3) is 9.94. The molecule has 0 aromatic heterocycles. The van der Waals surface area contributed by atoms with Crippen molar-refractivity contribution in [3.63, 3.8) is 0 Å². The van der Waals surface area contributed by atoms with Crippen molar-refractivity contribution in [2.45, 2.75) is 104 Å². The molecule has 0 bridgehead atoms. The van der Waals surface area contributed by atoms with E-state index in [-0.39, 0.29) is 0 Å². The highest BCUT2D eigenvalue weighted by Crippen LogP contribution is 2.29. The first-order valence-electron chi connectivity index (χ1n) is 11.0. The summed E-state index contributed by atoms with van der Waals surface area (Å²) in [7, 11) is 0. The highest BCUT2D eigenvalue weighted by Gasteiger charge is 2.08. The molecule has 1 aromatic carbocycles. The lowest BCUT2D eigenvalue weighted by atomic mass is 10.0. The van der Waals surface area contributed by atoms with Gasteiger partial charge in [-0.2, -0.15) is 0 Å². The van der Waals surface area contributed by atoms with Gasteiger partial charge < -0.3 is 16.2 Å². The number of nitrogens with two attached hydrogens (primary N) is 2. The summed E-state index contributed by atoms with van der Waals surface area (Å²) in [5.41, 5.74) is 14.5. The van der Waals surface area contributed by atoms with Crippen molar-refractivity contribution in [1.29, 1.82) is 0 Å². The standard InChI is InChI=1S/C23H42N2O/c1-3-5-7-9-11-12-14-16-20-18-21(24)22(25)19-23(20)26-17-15-13-10-8-6-4-2/h18-19H,3-17,24-25H2,1-2H3. The van der Waals surface area contributed by atoms with Gasteiger partial charge in [0.25, 0.3) is 0 Å². The van der Waals surface area contributed by atoms with Gasteiger partial charge in [0.15, 0.2) is 0 Å². The molecule has 0 amide bonds. The third-order valence-electron chi connectivity index (χ3n) is 5.07. The maximum atomic E-state index is 6.05. The van der Waals surface area contributed by atoms with Crippen LogP contribution < -0.4 is 16.2 Å². The van der Waals surface area contributed by atoms with Crippen LogP contribution in [0.15, 0.2) is 12.1 Å². The third-order valence-corrected chi connectivity index (χ3v) is 5.07. The molecule has 0 fully saturated rings. The van der Waals surface area contributed by atoms with E-state index in [1.165, 1.54) is 82.6 Å².